The molecule has 1 aliphatic rings. The summed E-state index contributed by atoms with van der Waals surface area (Å²) in [4.78, 5) is 16.4. The number of hydrogen-bond acceptors (Lipinski definition) is 4. The average Bonchev–Trinajstić information content (AvgIpc) is 2.55. The summed E-state index contributed by atoms with van der Waals surface area (Å²) >= 11 is 0. The number of piperazine rings is 1. The summed E-state index contributed by atoms with van der Waals surface area (Å²) in [6.07, 6.45) is 0. The fraction of sp³-hybridized carbons (Fsp3) is 0.632. The molecule has 0 bridgehead atoms. The minimum absolute atomic E-state index is 0.219. The zero-order chi connectivity index (χ0) is 17.7. The van der Waals surface area contributed by atoms with E-state index in [1.165, 1.54) is 0 Å². The predicted octanol–water partition coefficient (Wildman–Crippen LogP) is 2.87. The second kappa shape index (κ2) is 8.49. The summed E-state index contributed by atoms with van der Waals surface area (Å²) in [5, 5.41) is 9.78. The third kappa shape index (κ3) is 4.71. The fourth-order valence-electron chi connectivity index (χ4n) is 3.20. The van der Waals surface area contributed by atoms with Crippen LogP contribution in [0.3, 0.4) is 0 Å². The van der Waals surface area contributed by atoms with Gasteiger partial charge in [0.2, 0.25) is 0 Å². The summed E-state index contributed by atoms with van der Waals surface area (Å²) < 4.78 is 5.69. The molecule has 0 radical (unpaired) electrons. The maximum absolute atomic E-state index is 11.9. The van der Waals surface area contributed by atoms with Gasteiger partial charge in [0.05, 0.1) is 6.61 Å². The van der Waals surface area contributed by atoms with Gasteiger partial charge in [-0.15, -0.1) is 0 Å². The number of carboxylic acids is 1. The van der Waals surface area contributed by atoms with Crippen LogP contribution in [-0.4, -0.2) is 59.7 Å². The summed E-state index contributed by atoms with van der Waals surface area (Å²) in [5.74, 6) is 0.468. The van der Waals surface area contributed by atoms with E-state index in [4.69, 9.17) is 4.74 Å². The first-order valence-electron chi connectivity index (χ1n) is 8.86. The van der Waals surface area contributed by atoms with Crippen LogP contribution in [0.4, 0.5) is 0 Å². The van der Waals surface area contributed by atoms with E-state index >= 15 is 0 Å². The number of carboxylic acid groups (broad SMARTS) is 1. The highest BCUT2D eigenvalue weighted by Gasteiger charge is 2.34. The lowest BCUT2D eigenvalue weighted by Gasteiger charge is -2.42. The molecule has 1 heterocycles. The fourth-order valence-corrected chi connectivity index (χ4v) is 3.20. The van der Waals surface area contributed by atoms with Crippen LogP contribution in [0.2, 0.25) is 0 Å². The van der Waals surface area contributed by atoms with E-state index in [0.717, 1.165) is 37.5 Å². The third-order valence-corrected chi connectivity index (χ3v) is 4.55. The summed E-state index contributed by atoms with van der Waals surface area (Å²) in [7, 11) is 0. The summed E-state index contributed by atoms with van der Waals surface area (Å²) in [5.41, 5.74) is 0.816. The second-order valence-electron chi connectivity index (χ2n) is 6.99. The normalized spacial score (nSPS) is 21.0. The number of aliphatic carboxylic acids is 1. The molecular weight excluding hydrogens is 304 g/mol. The molecule has 1 N–H and O–H groups in total. The quantitative estimate of drug-likeness (QED) is 0.831. The Morgan fingerprint density at radius 1 is 1.29 bits per heavy atom. The van der Waals surface area contributed by atoms with Crippen molar-refractivity contribution < 1.29 is 14.6 Å². The molecule has 2 atom stereocenters. The molecule has 24 heavy (non-hydrogen) atoms. The molecular formula is C19H30N2O3. The van der Waals surface area contributed by atoms with Gasteiger partial charge in [-0.1, -0.05) is 32.9 Å². The van der Waals surface area contributed by atoms with Crippen LogP contribution in [0.25, 0.3) is 0 Å². The van der Waals surface area contributed by atoms with E-state index in [1.54, 1.807) is 0 Å². The Morgan fingerprint density at radius 3 is 2.46 bits per heavy atom. The van der Waals surface area contributed by atoms with E-state index < -0.39 is 12.0 Å². The Bertz CT molecular complexity index is 530. The van der Waals surface area contributed by atoms with Crippen molar-refractivity contribution in [3.05, 3.63) is 29.8 Å². The maximum atomic E-state index is 11.9. The Morgan fingerprint density at radius 2 is 1.96 bits per heavy atom. The molecule has 1 aliphatic heterocycles. The van der Waals surface area contributed by atoms with Crippen LogP contribution in [-0.2, 0) is 4.79 Å². The van der Waals surface area contributed by atoms with Gasteiger partial charge in [-0.25, -0.2) is 0 Å². The van der Waals surface area contributed by atoms with Crippen molar-refractivity contribution in [2.24, 2.45) is 5.92 Å². The lowest BCUT2D eigenvalue weighted by Crippen LogP contribution is -2.54. The number of ether oxygens (including phenoxy) is 1. The first-order chi connectivity index (χ1) is 11.4. The Hall–Kier alpha value is -1.59. The van der Waals surface area contributed by atoms with Crippen LogP contribution in [0.5, 0.6) is 5.75 Å². The van der Waals surface area contributed by atoms with Gasteiger partial charge < -0.3 is 14.7 Å². The molecule has 1 aromatic rings. The van der Waals surface area contributed by atoms with Gasteiger partial charge in [0.15, 0.2) is 0 Å². The molecule has 5 heteroatoms. The van der Waals surface area contributed by atoms with Gasteiger partial charge in [-0.3, -0.25) is 9.69 Å². The highest BCUT2D eigenvalue weighted by molar-refractivity contribution is 5.75. The van der Waals surface area contributed by atoms with Crippen LogP contribution in [0, 0.1) is 5.92 Å². The van der Waals surface area contributed by atoms with E-state index in [9.17, 15) is 9.90 Å². The number of hydrogen-bond donors (Lipinski definition) is 1. The highest BCUT2D eigenvalue weighted by Crippen LogP contribution is 2.27. The van der Waals surface area contributed by atoms with E-state index in [1.807, 2.05) is 24.3 Å². The van der Waals surface area contributed by atoms with E-state index in [-0.39, 0.29) is 6.04 Å². The molecule has 0 aromatic heterocycles. The van der Waals surface area contributed by atoms with Crippen LogP contribution >= 0.6 is 0 Å². The standard InChI is InChI=1S/C19H30N2O3/c1-5-20-10-11-21(15(4)12-20)18(19(22)23)16-6-8-17(9-7-16)24-13-14(2)3/h6-9,14-15,18H,5,10-13H2,1-4H3,(H,22,23). The molecule has 0 amide bonds. The van der Waals surface area contributed by atoms with Gasteiger partial charge in [-0.05, 0) is 37.1 Å². The van der Waals surface area contributed by atoms with Crippen LogP contribution in [0.15, 0.2) is 24.3 Å². The van der Waals surface area contributed by atoms with Crippen LogP contribution in [0.1, 0.15) is 39.3 Å². The zero-order valence-corrected chi connectivity index (χ0v) is 15.2. The SMILES string of the molecule is CCN1CCN(C(C(=O)O)c2ccc(OCC(C)C)cc2)C(C)C1. The number of benzene rings is 1. The molecule has 0 saturated carbocycles. The summed E-state index contributed by atoms with van der Waals surface area (Å²) in [6.45, 7) is 12.7. The number of nitrogens with zero attached hydrogens (tertiary/aromatic N) is 2. The minimum atomic E-state index is -0.789. The maximum Gasteiger partial charge on any atom is 0.325 e. The van der Waals surface area contributed by atoms with Crippen molar-refractivity contribution in [3.63, 3.8) is 0 Å². The third-order valence-electron chi connectivity index (χ3n) is 4.55. The second-order valence-corrected chi connectivity index (χ2v) is 6.99. The largest absolute Gasteiger partial charge is 0.493 e. The van der Waals surface area contributed by atoms with E-state index in [0.29, 0.717) is 12.5 Å². The highest BCUT2D eigenvalue weighted by atomic mass is 16.5. The van der Waals surface area contributed by atoms with Crippen molar-refractivity contribution in [2.75, 3.05) is 32.8 Å². The van der Waals surface area contributed by atoms with Crippen molar-refractivity contribution in [1.29, 1.82) is 0 Å². The number of carbonyl (C=O) groups is 1. The molecule has 1 aromatic carbocycles. The summed E-state index contributed by atoms with van der Waals surface area (Å²) in [6, 6.07) is 7.14. The molecule has 1 saturated heterocycles. The lowest BCUT2D eigenvalue weighted by atomic mass is 10.0. The van der Waals surface area contributed by atoms with Crippen molar-refractivity contribution in [2.45, 2.75) is 39.8 Å². The van der Waals surface area contributed by atoms with Crippen molar-refractivity contribution >= 4 is 5.97 Å². The molecule has 2 unspecified atom stereocenters. The topological polar surface area (TPSA) is 53.0 Å². The Kier molecular flexibility index (Phi) is 6.63. The van der Waals surface area contributed by atoms with Gasteiger partial charge in [0, 0.05) is 25.7 Å². The van der Waals surface area contributed by atoms with Crippen molar-refractivity contribution in [1.82, 2.24) is 9.80 Å². The van der Waals surface area contributed by atoms with Gasteiger partial charge in [-0.2, -0.15) is 0 Å². The van der Waals surface area contributed by atoms with Gasteiger partial charge in [0.1, 0.15) is 11.8 Å². The molecule has 0 spiro atoms. The smallest absolute Gasteiger partial charge is 0.325 e. The first-order valence-corrected chi connectivity index (χ1v) is 8.86. The molecule has 5 nitrogen and oxygen atoms in total. The van der Waals surface area contributed by atoms with Crippen molar-refractivity contribution in [3.8, 4) is 5.75 Å². The average molecular weight is 334 g/mol. The zero-order valence-electron chi connectivity index (χ0n) is 15.2. The Labute approximate surface area is 145 Å². The molecule has 134 valence electrons. The Balaban J connectivity index is 2.11. The molecule has 0 aliphatic carbocycles. The van der Waals surface area contributed by atoms with E-state index in [2.05, 4.69) is 37.5 Å². The monoisotopic (exact) mass is 334 g/mol. The predicted molar refractivity (Wildman–Crippen MR) is 95.4 cm³/mol. The molecule has 1 fully saturated rings. The first kappa shape index (κ1) is 18.7. The minimum Gasteiger partial charge on any atom is -0.493 e. The number of likely N-dealkylation sites (N-methyl/N-ethyl adjacent to an activating group) is 1. The lowest BCUT2D eigenvalue weighted by molar-refractivity contribution is -0.145. The van der Waals surface area contributed by atoms with Gasteiger partial charge >= 0.3 is 5.97 Å². The van der Waals surface area contributed by atoms with Crippen LogP contribution < -0.4 is 4.74 Å². The molecule has 2 rings (SSSR count). The number of rotatable bonds is 7. The van der Waals surface area contributed by atoms with Gasteiger partial charge in [0.25, 0.3) is 0 Å².